The Balaban J connectivity index is 1.54. The van der Waals surface area contributed by atoms with Gasteiger partial charge in [-0.05, 0) is 25.0 Å². The lowest BCUT2D eigenvalue weighted by atomic mass is 10.1. The van der Waals surface area contributed by atoms with Crippen LogP contribution in [0.2, 0.25) is 0 Å². The first-order valence-corrected chi connectivity index (χ1v) is 10.4. The van der Waals surface area contributed by atoms with E-state index >= 15 is 0 Å². The Kier molecular flexibility index (Phi) is 5.15. The average Bonchev–Trinajstić information content (AvgIpc) is 3.37. The van der Waals surface area contributed by atoms with Gasteiger partial charge >= 0.3 is 6.18 Å². The highest BCUT2D eigenvalue weighted by Crippen LogP contribution is 2.36. The van der Waals surface area contributed by atoms with E-state index in [4.69, 9.17) is 4.74 Å². The number of ether oxygens (including phenoxy) is 1. The van der Waals surface area contributed by atoms with Crippen molar-refractivity contribution in [2.45, 2.75) is 43.8 Å². The van der Waals surface area contributed by atoms with Crippen LogP contribution in [0.25, 0.3) is 0 Å². The van der Waals surface area contributed by atoms with Gasteiger partial charge in [-0.25, -0.2) is 8.78 Å². The summed E-state index contributed by atoms with van der Waals surface area (Å²) >= 11 is 0. The lowest BCUT2D eigenvalue weighted by molar-refractivity contribution is -0.152. The molecule has 0 N–H and O–H groups in total. The molecule has 33 heavy (non-hydrogen) atoms. The molecule has 0 amide bonds. The second kappa shape index (κ2) is 7.79. The number of hydrogen-bond acceptors (Lipinski definition) is 6. The summed E-state index contributed by atoms with van der Waals surface area (Å²) in [6.07, 6.45) is -4.49. The van der Waals surface area contributed by atoms with E-state index in [-0.39, 0.29) is 30.5 Å². The summed E-state index contributed by atoms with van der Waals surface area (Å²) in [5.74, 6) is -3.15. The predicted octanol–water partition coefficient (Wildman–Crippen LogP) is 2.52. The van der Waals surface area contributed by atoms with Crippen molar-refractivity contribution in [3.8, 4) is 0 Å². The van der Waals surface area contributed by atoms with Gasteiger partial charge < -0.3 is 14.5 Å². The molecule has 12 heteroatoms. The first kappa shape index (κ1) is 21.8. The zero-order chi connectivity index (χ0) is 23.5. The molecule has 5 rings (SSSR count). The van der Waals surface area contributed by atoms with Crippen LogP contribution in [0.15, 0.2) is 29.1 Å². The van der Waals surface area contributed by atoms with Crippen LogP contribution in [0, 0.1) is 11.6 Å². The van der Waals surface area contributed by atoms with Crippen molar-refractivity contribution >= 4 is 17.5 Å². The van der Waals surface area contributed by atoms with Gasteiger partial charge in [-0.3, -0.25) is 14.2 Å². The number of alkyl halides is 3. The minimum absolute atomic E-state index is 0.0300. The van der Waals surface area contributed by atoms with Crippen LogP contribution in [-0.2, 0) is 11.3 Å². The Morgan fingerprint density at radius 3 is 2.64 bits per heavy atom. The van der Waals surface area contributed by atoms with Crippen LogP contribution in [0.1, 0.15) is 23.2 Å². The summed E-state index contributed by atoms with van der Waals surface area (Å²) < 4.78 is 75.6. The van der Waals surface area contributed by atoms with Gasteiger partial charge in [0.2, 0.25) is 5.95 Å². The van der Waals surface area contributed by atoms with E-state index < -0.39 is 53.7 Å². The van der Waals surface area contributed by atoms with Crippen molar-refractivity contribution in [3.05, 3.63) is 51.8 Å². The number of nitrogens with zero attached hydrogens (tertiary/aromatic N) is 4. The van der Waals surface area contributed by atoms with Crippen molar-refractivity contribution in [1.29, 1.82) is 0 Å². The van der Waals surface area contributed by atoms with E-state index in [2.05, 4.69) is 4.98 Å². The summed E-state index contributed by atoms with van der Waals surface area (Å²) in [7, 11) is 0. The number of fused-ring (bicyclic) bond motifs is 3. The molecule has 1 aromatic carbocycles. The van der Waals surface area contributed by atoms with E-state index in [0.29, 0.717) is 24.1 Å². The molecule has 7 nitrogen and oxygen atoms in total. The Bertz CT molecular complexity index is 1170. The topological polar surface area (TPSA) is 67.7 Å². The van der Waals surface area contributed by atoms with Crippen LogP contribution in [-0.4, -0.2) is 59.4 Å². The van der Waals surface area contributed by atoms with Crippen molar-refractivity contribution < 1.29 is 31.5 Å². The molecule has 1 aromatic heterocycles. The average molecular weight is 470 g/mol. The van der Waals surface area contributed by atoms with Gasteiger partial charge in [-0.1, -0.05) is 0 Å². The van der Waals surface area contributed by atoms with E-state index in [9.17, 15) is 31.5 Å². The number of anilines is 2. The van der Waals surface area contributed by atoms with Crippen LogP contribution >= 0.6 is 0 Å². The van der Waals surface area contributed by atoms with Crippen LogP contribution < -0.4 is 15.4 Å². The lowest BCUT2D eigenvalue weighted by Gasteiger charge is -2.39. The normalized spacial score (nSPS) is 24.3. The number of hydrogen-bond donors (Lipinski definition) is 0. The zero-order valence-electron chi connectivity index (χ0n) is 17.2. The Hall–Kier alpha value is -3.02. The molecule has 0 saturated carbocycles. The molecule has 3 atom stereocenters. The molecular weight excluding hydrogens is 451 g/mol. The fourth-order valence-corrected chi connectivity index (χ4v) is 4.76. The van der Waals surface area contributed by atoms with Crippen molar-refractivity contribution in [2.75, 3.05) is 29.5 Å². The Morgan fingerprint density at radius 1 is 1.21 bits per heavy atom. The summed E-state index contributed by atoms with van der Waals surface area (Å²) in [5, 5.41) is 0. The largest absolute Gasteiger partial charge is 0.408 e. The maximum absolute atomic E-state index is 14.1. The number of carbonyl (C=O) groups excluding carboxylic acids is 1. The minimum atomic E-state index is -4.72. The number of halogens is 5. The molecule has 2 saturated heterocycles. The minimum Gasteiger partial charge on any atom is -0.374 e. The molecule has 0 radical (unpaired) electrons. The quantitative estimate of drug-likeness (QED) is 0.506. The highest BCUT2D eigenvalue weighted by atomic mass is 19.4. The zero-order valence-corrected chi connectivity index (χ0v) is 17.2. The molecule has 0 aliphatic carbocycles. The van der Waals surface area contributed by atoms with E-state index in [1.54, 1.807) is 0 Å². The highest BCUT2D eigenvalue weighted by molar-refractivity contribution is 5.99. The molecule has 176 valence electrons. The molecule has 3 aliphatic heterocycles. The molecule has 0 spiro atoms. The van der Waals surface area contributed by atoms with E-state index in [0.717, 1.165) is 23.1 Å². The molecule has 2 bridgehead atoms. The predicted molar refractivity (Wildman–Crippen MR) is 106 cm³/mol. The maximum Gasteiger partial charge on any atom is 0.408 e. The maximum atomic E-state index is 14.1. The van der Waals surface area contributed by atoms with Gasteiger partial charge in [-0.15, -0.1) is 0 Å². The Morgan fingerprint density at radius 2 is 2.00 bits per heavy atom. The lowest BCUT2D eigenvalue weighted by Crippen LogP contribution is -2.54. The third kappa shape index (κ3) is 3.85. The van der Waals surface area contributed by atoms with Crippen molar-refractivity contribution in [1.82, 2.24) is 9.55 Å². The van der Waals surface area contributed by atoms with Gasteiger partial charge in [0.15, 0.2) is 5.78 Å². The van der Waals surface area contributed by atoms with Gasteiger partial charge in [0, 0.05) is 25.2 Å². The number of Topliss-reactive ketones (excluding diaryl/α,β-unsaturated/α-hetero) is 1. The molecular formula is C21H19F5N4O3. The van der Waals surface area contributed by atoms with E-state index in [1.165, 1.54) is 6.07 Å². The SMILES string of the molecule is O=C(CN1c2nc(N3C[C@@H]4C[C@@H]3CO4)cc(=O)n2CC[C@H]1C(F)(F)F)c1ccc(F)cc1F. The molecule has 2 fully saturated rings. The van der Waals surface area contributed by atoms with Crippen LogP contribution in [0.4, 0.5) is 33.7 Å². The Labute approximate surface area is 184 Å². The van der Waals surface area contributed by atoms with Crippen LogP contribution in [0.3, 0.4) is 0 Å². The second-order valence-electron chi connectivity index (χ2n) is 8.42. The van der Waals surface area contributed by atoms with Gasteiger partial charge in [0.1, 0.15) is 23.5 Å². The fourth-order valence-electron chi connectivity index (χ4n) is 4.76. The number of rotatable bonds is 4. The van der Waals surface area contributed by atoms with E-state index in [1.807, 2.05) is 4.90 Å². The molecule has 0 unspecified atom stereocenters. The summed E-state index contributed by atoms with van der Waals surface area (Å²) in [5.41, 5.74) is -1.08. The van der Waals surface area contributed by atoms with Gasteiger partial charge in [-0.2, -0.15) is 18.2 Å². The molecule has 4 heterocycles. The first-order valence-electron chi connectivity index (χ1n) is 10.4. The number of ketones is 1. The standard InChI is InChI=1S/C21H19F5N4O3/c22-11-1-2-14(15(23)5-11)16(31)9-30-17(21(24,25)26)3-4-28-19(32)7-18(27-20(28)30)29-8-13-6-12(29)10-33-13/h1-2,5,7,12-13,17H,3-4,6,8-10H2/t12-,13+,17+/m1/s1. The molecule has 2 aromatic rings. The number of carbonyl (C=O) groups is 1. The van der Waals surface area contributed by atoms with Crippen molar-refractivity contribution in [2.24, 2.45) is 0 Å². The summed E-state index contributed by atoms with van der Waals surface area (Å²) in [6.45, 7) is -0.209. The highest BCUT2D eigenvalue weighted by Gasteiger charge is 2.48. The third-order valence-electron chi connectivity index (χ3n) is 6.35. The second-order valence-corrected chi connectivity index (χ2v) is 8.42. The number of benzene rings is 1. The number of morpholine rings is 1. The summed E-state index contributed by atoms with van der Waals surface area (Å²) in [6, 6.07) is 1.38. The van der Waals surface area contributed by atoms with Crippen LogP contribution in [0.5, 0.6) is 0 Å². The smallest absolute Gasteiger partial charge is 0.374 e. The molecule has 3 aliphatic rings. The van der Waals surface area contributed by atoms with Gasteiger partial charge in [0.05, 0.1) is 30.9 Å². The monoisotopic (exact) mass is 470 g/mol. The first-order chi connectivity index (χ1) is 15.6. The number of aromatic nitrogens is 2. The third-order valence-corrected chi connectivity index (χ3v) is 6.35. The van der Waals surface area contributed by atoms with Crippen molar-refractivity contribution in [3.63, 3.8) is 0 Å². The van der Waals surface area contributed by atoms with Gasteiger partial charge in [0.25, 0.3) is 5.56 Å². The summed E-state index contributed by atoms with van der Waals surface area (Å²) in [4.78, 5) is 32.4. The fraction of sp³-hybridized carbons (Fsp3) is 0.476.